The molecule has 0 aliphatic carbocycles. The molecule has 0 spiro atoms. The van der Waals surface area contributed by atoms with Gasteiger partial charge in [-0.2, -0.15) is 0 Å². The van der Waals surface area contributed by atoms with Crippen LogP contribution in [0.3, 0.4) is 0 Å². The van der Waals surface area contributed by atoms with Gasteiger partial charge < -0.3 is 15.2 Å². The number of carbonyl (C=O) groups is 1. The Morgan fingerprint density at radius 2 is 2.31 bits per heavy atom. The fourth-order valence-electron chi connectivity index (χ4n) is 1.66. The van der Waals surface area contributed by atoms with Crippen molar-refractivity contribution < 1.29 is 14.3 Å². The average Bonchev–Trinajstić information content (AvgIpc) is 2.73. The quantitative estimate of drug-likeness (QED) is 0.794. The third kappa shape index (κ3) is 2.28. The maximum absolute atomic E-state index is 11.2. The molecule has 88 valence electrons. The van der Waals surface area contributed by atoms with Gasteiger partial charge in [-0.1, -0.05) is 6.07 Å². The number of carbonyl (C=O) groups excluding carboxylic acids is 1. The molecular formula is C11H14ClNO3. The lowest BCUT2D eigenvalue weighted by atomic mass is 10.0. The molecular weight excluding hydrogens is 230 g/mol. The van der Waals surface area contributed by atoms with Gasteiger partial charge in [-0.3, -0.25) is 4.79 Å². The van der Waals surface area contributed by atoms with Gasteiger partial charge in [0.2, 0.25) is 0 Å². The van der Waals surface area contributed by atoms with E-state index in [0.717, 1.165) is 23.3 Å². The maximum Gasteiger partial charge on any atom is 0.327 e. The lowest BCUT2D eigenvalue weighted by Gasteiger charge is -2.10. The first-order valence-electron chi connectivity index (χ1n) is 4.81. The van der Waals surface area contributed by atoms with Crippen LogP contribution in [0.4, 0.5) is 0 Å². The first kappa shape index (κ1) is 12.8. The van der Waals surface area contributed by atoms with E-state index in [1.54, 1.807) is 6.07 Å². The number of hydrogen-bond acceptors (Lipinski definition) is 4. The number of benzene rings is 1. The summed E-state index contributed by atoms with van der Waals surface area (Å²) >= 11 is 0. The number of halogens is 1. The highest BCUT2D eigenvalue weighted by Crippen LogP contribution is 2.27. The minimum Gasteiger partial charge on any atom is -0.493 e. The van der Waals surface area contributed by atoms with E-state index in [1.807, 2.05) is 12.1 Å². The van der Waals surface area contributed by atoms with Gasteiger partial charge in [-0.05, 0) is 23.3 Å². The summed E-state index contributed by atoms with van der Waals surface area (Å²) in [6, 6.07) is 4.84. The van der Waals surface area contributed by atoms with Crippen molar-refractivity contribution in [3.05, 3.63) is 29.3 Å². The lowest BCUT2D eigenvalue weighted by molar-refractivity contribution is -0.142. The second-order valence-corrected chi connectivity index (χ2v) is 3.47. The zero-order chi connectivity index (χ0) is 10.8. The molecule has 16 heavy (non-hydrogen) atoms. The molecule has 2 rings (SSSR count). The summed E-state index contributed by atoms with van der Waals surface area (Å²) in [4.78, 5) is 11.2. The van der Waals surface area contributed by atoms with E-state index in [0.29, 0.717) is 6.61 Å². The monoisotopic (exact) mass is 243 g/mol. The number of nitrogens with two attached hydrogens (primary N) is 1. The Morgan fingerprint density at radius 3 is 3.00 bits per heavy atom. The van der Waals surface area contributed by atoms with Crippen LogP contribution >= 0.6 is 12.4 Å². The van der Waals surface area contributed by atoms with E-state index < -0.39 is 12.0 Å². The van der Waals surface area contributed by atoms with Crippen molar-refractivity contribution in [1.82, 2.24) is 0 Å². The third-order valence-corrected chi connectivity index (χ3v) is 2.53. The van der Waals surface area contributed by atoms with E-state index in [-0.39, 0.29) is 12.4 Å². The molecule has 4 nitrogen and oxygen atoms in total. The van der Waals surface area contributed by atoms with Crippen LogP contribution in [0.15, 0.2) is 18.2 Å². The Labute approximate surface area is 100 Å². The molecule has 1 heterocycles. The van der Waals surface area contributed by atoms with Crippen molar-refractivity contribution in [2.45, 2.75) is 12.5 Å². The van der Waals surface area contributed by atoms with E-state index in [4.69, 9.17) is 10.5 Å². The van der Waals surface area contributed by atoms with Gasteiger partial charge in [0.1, 0.15) is 11.8 Å². The summed E-state index contributed by atoms with van der Waals surface area (Å²) in [7, 11) is 1.33. The molecule has 0 radical (unpaired) electrons. The summed E-state index contributed by atoms with van der Waals surface area (Å²) in [6.45, 7) is 0.701. The zero-order valence-corrected chi connectivity index (χ0v) is 9.75. The van der Waals surface area contributed by atoms with E-state index in [9.17, 15) is 4.79 Å². The number of rotatable bonds is 2. The molecule has 0 aromatic heterocycles. The Hall–Kier alpha value is -1.26. The summed E-state index contributed by atoms with van der Waals surface area (Å²) in [5.74, 6) is 0.463. The highest BCUT2D eigenvalue weighted by molar-refractivity contribution is 5.85. The van der Waals surface area contributed by atoms with Gasteiger partial charge in [0.15, 0.2) is 0 Å². The molecule has 0 unspecified atom stereocenters. The second kappa shape index (κ2) is 5.18. The van der Waals surface area contributed by atoms with Gasteiger partial charge >= 0.3 is 5.97 Å². The van der Waals surface area contributed by atoms with E-state index >= 15 is 0 Å². The first-order chi connectivity index (χ1) is 7.22. The Balaban J connectivity index is 0.00000128. The highest BCUT2D eigenvalue weighted by atomic mass is 35.5. The van der Waals surface area contributed by atoms with Crippen molar-refractivity contribution >= 4 is 18.4 Å². The van der Waals surface area contributed by atoms with Crippen LogP contribution in [0.5, 0.6) is 5.75 Å². The van der Waals surface area contributed by atoms with Crippen LogP contribution in [-0.2, 0) is 16.0 Å². The number of esters is 1. The molecule has 1 aromatic carbocycles. The summed E-state index contributed by atoms with van der Waals surface area (Å²) < 4.78 is 9.95. The van der Waals surface area contributed by atoms with Crippen molar-refractivity contribution in [1.29, 1.82) is 0 Å². The Kier molecular flexibility index (Phi) is 4.15. The van der Waals surface area contributed by atoms with Gasteiger partial charge in [0, 0.05) is 6.42 Å². The SMILES string of the molecule is COC(=O)[C@H](N)c1ccc2c(c1)CCO2.Cl. The largest absolute Gasteiger partial charge is 0.493 e. The summed E-state index contributed by atoms with van der Waals surface area (Å²) in [5, 5.41) is 0. The van der Waals surface area contributed by atoms with Crippen LogP contribution < -0.4 is 10.5 Å². The number of fused-ring (bicyclic) bond motifs is 1. The minimum absolute atomic E-state index is 0. The molecule has 2 N–H and O–H groups in total. The predicted molar refractivity (Wildman–Crippen MR) is 61.8 cm³/mol. The van der Waals surface area contributed by atoms with Crippen molar-refractivity contribution in [2.24, 2.45) is 5.73 Å². The van der Waals surface area contributed by atoms with Gasteiger partial charge in [0.25, 0.3) is 0 Å². The molecule has 0 amide bonds. The van der Waals surface area contributed by atoms with E-state index in [1.165, 1.54) is 7.11 Å². The van der Waals surface area contributed by atoms with Gasteiger partial charge in [-0.15, -0.1) is 12.4 Å². The normalized spacial score (nSPS) is 14.4. The fourth-order valence-corrected chi connectivity index (χ4v) is 1.66. The number of hydrogen-bond donors (Lipinski definition) is 1. The van der Waals surface area contributed by atoms with Gasteiger partial charge in [0.05, 0.1) is 13.7 Å². The van der Waals surface area contributed by atoms with Crippen molar-refractivity contribution in [3.63, 3.8) is 0 Å². The Bertz CT molecular complexity index is 395. The van der Waals surface area contributed by atoms with Crippen molar-refractivity contribution in [2.75, 3.05) is 13.7 Å². The average molecular weight is 244 g/mol. The maximum atomic E-state index is 11.2. The third-order valence-electron chi connectivity index (χ3n) is 2.53. The van der Waals surface area contributed by atoms with Gasteiger partial charge in [-0.25, -0.2) is 0 Å². The lowest BCUT2D eigenvalue weighted by Crippen LogP contribution is -2.22. The highest BCUT2D eigenvalue weighted by Gasteiger charge is 2.19. The molecule has 1 aliphatic rings. The molecule has 5 heteroatoms. The molecule has 0 fully saturated rings. The summed E-state index contributed by atoms with van der Waals surface area (Å²) in [5.41, 5.74) is 7.60. The standard InChI is InChI=1S/C11H13NO3.ClH/c1-14-11(13)10(12)8-2-3-9-7(6-8)4-5-15-9;/h2-3,6,10H,4-5,12H2,1H3;1H/t10-;/m1./s1. The molecule has 0 bridgehead atoms. The zero-order valence-electron chi connectivity index (χ0n) is 8.93. The number of ether oxygens (including phenoxy) is 2. The number of methoxy groups -OCH3 is 1. The minimum atomic E-state index is -0.708. The van der Waals surface area contributed by atoms with Crippen molar-refractivity contribution in [3.8, 4) is 5.75 Å². The first-order valence-corrected chi connectivity index (χ1v) is 4.81. The Morgan fingerprint density at radius 1 is 1.56 bits per heavy atom. The molecule has 0 saturated heterocycles. The molecule has 0 saturated carbocycles. The van der Waals surface area contributed by atoms with Crippen LogP contribution in [0.1, 0.15) is 17.2 Å². The van der Waals surface area contributed by atoms with Crippen LogP contribution in [0.25, 0.3) is 0 Å². The fraction of sp³-hybridized carbons (Fsp3) is 0.364. The van der Waals surface area contributed by atoms with E-state index in [2.05, 4.69) is 4.74 Å². The predicted octanol–water partition coefficient (Wildman–Crippen LogP) is 1.22. The molecule has 1 atom stereocenters. The van der Waals surface area contributed by atoms with Crippen LogP contribution in [-0.4, -0.2) is 19.7 Å². The molecule has 1 aromatic rings. The smallest absolute Gasteiger partial charge is 0.327 e. The molecule has 1 aliphatic heterocycles. The van der Waals surface area contributed by atoms with Crippen LogP contribution in [0, 0.1) is 0 Å². The second-order valence-electron chi connectivity index (χ2n) is 3.47. The summed E-state index contributed by atoms with van der Waals surface area (Å²) in [6.07, 6.45) is 0.872. The topological polar surface area (TPSA) is 61.5 Å². The van der Waals surface area contributed by atoms with Crippen LogP contribution in [0.2, 0.25) is 0 Å².